The smallest absolute Gasteiger partial charge is 0.383 e. The minimum absolute atomic E-state index is 0.0172. The van der Waals surface area contributed by atoms with E-state index in [-0.39, 0.29) is 28.8 Å². The summed E-state index contributed by atoms with van der Waals surface area (Å²) in [7, 11) is -3.18. The third-order valence-corrected chi connectivity index (χ3v) is 4.72. The zero-order chi connectivity index (χ0) is 15.4. The van der Waals surface area contributed by atoms with Crippen LogP contribution in [0, 0.1) is 0 Å². The molecule has 0 bridgehead atoms. The topological polar surface area (TPSA) is 46.2 Å². The Labute approximate surface area is 121 Å². The second-order valence-corrected chi connectivity index (χ2v) is 6.98. The van der Waals surface area contributed by atoms with E-state index in [0.717, 1.165) is 18.2 Å². The standard InChI is InChI=1S/C12H15ClF3NO2S/c1-2-6-20(18,19)7-5-17-11-8-9(12(14,15)16)3-4-10(11)13/h3-4,8,17H,2,5-7H2,1H3. The van der Waals surface area contributed by atoms with Crippen molar-refractivity contribution in [3.8, 4) is 0 Å². The molecule has 0 heterocycles. The first-order valence-corrected chi connectivity index (χ1v) is 8.16. The molecule has 1 aromatic carbocycles. The lowest BCUT2D eigenvalue weighted by Gasteiger charge is -2.12. The Kier molecular flexibility index (Phi) is 5.70. The largest absolute Gasteiger partial charge is 0.416 e. The van der Waals surface area contributed by atoms with Crippen molar-refractivity contribution in [2.24, 2.45) is 0 Å². The van der Waals surface area contributed by atoms with Gasteiger partial charge in [-0.15, -0.1) is 0 Å². The molecule has 0 saturated heterocycles. The first-order valence-electron chi connectivity index (χ1n) is 5.97. The number of benzene rings is 1. The number of halogens is 4. The van der Waals surface area contributed by atoms with Crippen LogP contribution in [0.5, 0.6) is 0 Å². The summed E-state index contributed by atoms with van der Waals surface area (Å²) in [4.78, 5) is 0. The van der Waals surface area contributed by atoms with E-state index in [0.29, 0.717) is 6.42 Å². The summed E-state index contributed by atoms with van der Waals surface area (Å²) in [5.74, 6) is -0.0849. The average molecular weight is 330 g/mol. The van der Waals surface area contributed by atoms with Crippen LogP contribution in [0.2, 0.25) is 5.02 Å². The number of hydrogen-bond acceptors (Lipinski definition) is 3. The lowest BCUT2D eigenvalue weighted by atomic mass is 10.2. The molecule has 0 aliphatic carbocycles. The predicted octanol–water partition coefficient (Wildman–Crippen LogP) is 3.60. The highest BCUT2D eigenvalue weighted by molar-refractivity contribution is 7.91. The van der Waals surface area contributed by atoms with Crippen LogP contribution in [0.1, 0.15) is 18.9 Å². The molecule has 114 valence electrons. The summed E-state index contributed by atoms with van der Waals surface area (Å²) >= 11 is 5.78. The van der Waals surface area contributed by atoms with Crippen LogP contribution in [0.25, 0.3) is 0 Å². The van der Waals surface area contributed by atoms with Gasteiger partial charge in [-0.2, -0.15) is 13.2 Å². The molecule has 0 radical (unpaired) electrons. The van der Waals surface area contributed by atoms with Crippen molar-refractivity contribution in [2.75, 3.05) is 23.4 Å². The maximum absolute atomic E-state index is 12.5. The molecular weight excluding hydrogens is 315 g/mol. The van der Waals surface area contributed by atoms with Gasteiger partial charge >= 0.3 is 6.18 Å². The molecule has 0 unspecified atom stereocenters. The maximum Gasteiger partial charge on any atom is 0.416 e. The van der Waals surface area contributed by atoms with Crippen LogP contribution in [-0.4, -0.2) is 26.5 Å². The van der Waals surface area contributed by atoms with E-state index in [4.69, 9.17) is 11.6 Å². The fourth-order valence-electron chi connectivity index (χ4n) is 1.59. The summed E-state index contributed by atoms with van der Waals surface area (Å²) in [6, 6.07) is 2.88. The third-order valence-electron chi connectivity index (χ3n) is 2.54. The van der Waals surface area contributed by atoms with Crippen molar-refractivity contribution in [1.82, 2.24) is 0 Å². The highest BCUT2D eigenvalue weighted by Crippen LogP contribution is 2.33. The second-order valence-electron chi connectivity index (χ2n) is 4.27. The molecular formula is C12H15ClF3NO2S. The maximum atomic E-state index is 12.5. The summed E-state index contributed by atoms with van der Waals surface area (Å²) in [6.45, 7) is 1.76. The quantitative estimate of drug-likeness (QED) is 0.867. The van der Waals surface area contributed by atoms with Crippen molar-refractivity contribution in [2.45, 2.75) is 19.5 Å². The normalized spacial score (nSPS) is 12.4. The first-order chi connectivity index (χ1) is 9.15. The Morgan fingerprint density at radius 1 is 1.25 bits per heavy atom. The van der Waals surface area contributed by atoms with Gasteiger partial charge in [0.1, 0.15) is 0 Å². The summed E-state index contributed by atoms with van der Waals surface area (Å²) in [5, 5.41) is 2.75. The summed E-state index contributed by atoms with van der Waals surface area (Å²) < 4.78 is 60.6. The Morgan fingerprint density at radius 2 is 1.90 bits per heavy atom. The second kappa shape index (κ2) is 6.67. The van der Waals surface area contributed by atoms with Crippen LogP contribution in [0.4, 0.5) is 18.9 Å². The van der Waals surface area contributed by atoms with Gasteiger partial charge < -0.3 is 5.32 Å². The van der Waals surface area contributed by atoms with Crippen molar-refractivity contribution >= 4 is 27.1 Å². The highest BCUT2D eigenvalue weighted by atomic mass is 35.5. The summed E-state index contributed by atoms with van der Waals surface area (Å²) in [5.41, 5.74) is -0.756. The molecule has 1 rings (SSSR count). The van der Waals surface area contributed by atoms with Gasteiger partial charge in [-0.25, -0.2) is 8.42 Å². The Hall–Kier alpha value is -0.950. The average Bonchev–Trinajstić information content (AvgIpc) is 2.29. The van der Waals surface area contributed by atoms with Crippen LogP contribution in [0.3, 0.4) is 0 Å². The molecule has 0 fully saturated rings. The zero-order valence-corrected chi connectivity index (χ0v) is 12.4. The molecule has 0 spiro atoms. The van der Waals surface area contributed by atoms with Crippen LogP contribution in [0.15, 0.2) is 18.2 Å². The number of anilines is 1. The molecule has 0 saturated carbocycles. The Balaban J connectivity index is 2.73. The number of alkyl halides is 3. The molecule has 0 aliphatic heterocycles. The van der Waals surface area contributed by atoms with Crippen LogP contribution >= 0.6 is 11.6 Å². The number of sulfone groups is 1. The van der Waals surface area contributed by atoms with Gasteiger partial charge in [-0.05, 0) is 24.6 Å². The van der Waals surface area contributed by atoms with Crippen molar-refractivity contribution in [3.05, 3.63) is 28.8 Å². The molecule has 0 atom stereocenters. The zero-order valence-electron chi connectivity index (χ0n) is 10.8. The summed E-state index contributed by atoms with van der Waals surface area (Å²) in [6.07, 6.45) is -3.96. The fourth-order valence-corrected chi connectivity index (χ4v) is 3.01. The van der Waals surface area contributed by atoms with Gasteiger partial charge in [0.2, 0.25) is 0 Å². The van der Waals surface area contributed by atoms with Gasteiger partial charge in [-0.3, -0.25) is 0 Å². The minimum atomic E-state index is -4.46. The highest BCUT2D eigenvalue weighted by Gasteiger charge is 2.30. The van der Waals surface area contributed by atoms with Crippen LogP contribution < -0.4 is 5.32 Å². The molecule has 20 heavy (non-hydrogen) atoms. The van der Waals surface area contributed by atoms with Gasteiger partial charge in [0.15, 0.2) is 9.84 Å². The molecule has 0 amide bonds. The van der Waals surface area contributed by atoms with Gasteiger partial charge in [-0.1, -0.05) is 18.5 Å². The lowest BCUT2D eigenvalue weighted by Crippen LogP contribution is -2.18. The molecule has 1 aromatic rings. The number of nitrogens with one attached hydrogen (secondary N) is 1. The van der Waals surface area contributed by atoms with E-state index in [9.17, 15) is 21.6 Å². The van der Waals surface area contributed by atoms with E-state index in [1.54, 1.807) is 6.92 Å². The van der Waals surface area contributed by atoms with E-state index in [1.807, 2.05) is 0 Å². The van der Waals surface area contributed by atoms with Gasteiger partial charge in [0, 0.05) is 12.3 Å². The fraction of sp³-hybridized carbons (Fsp3) is 0.500. The molecule has 8 heteroatoms. The van der Waals surface area contributed by atoms with E-state index in [1.165, 1.54) is 0 Å². The molecule has 0 aliphatic rings. The van der Waals surface area contributed by atoms with E-state index >= 15 is 0 Å². The van der Waals surface area contributed by atoms with E-state index < -0.39 is 21.6 Å². The number of hydrogen-bond donors (Lipinski definition) is 1. The molecule has 0 aromatic heterocycles. The van der Waals surface area contributed by atoms with Crippen LogP contribution in [-0.2, 0) is 16.0 Å². The SMILES string of the molecule is CCCS(=O)(=O)CCNc1cc(C(F)(F)F)ccc1Cl. The van der Waals surface area contributed by atoms with Crippen molar-refractivity contribution < 1.29 is 21.6 Å². The molecule has 3 nitrogen and oxygen atoms in total. The Bertz CT molecular complexity index is 558. The van der Waals surface area contributed by atoms with Gasteiger partial charge in [0.25, 0.3) is 0 Å². The van der Waals surface area contributed by atoms with E-state index in [2.05, 4.69) is 5.32 Å². The molecule has 1 N–H and O–H groups in total. The predicted molar refractivity (Wildman–Crippen MR) is 73.9 cm³/mol. The lowest BCUT2D eigenvalue weighted by molar-refractivity contribution is -0.137. The monoisotopic (exact) mass is 329 g/mol. The Morgan fingerprint density at radius 3 is 2.45 bits per heavy atom. The number of rotatable bonds is 6. The van der Waals surface area contributed by atoms with Crippen molar-refractivity contribution in [3.63, 3.8) is 0 Å². The third kappa shape index (κ3) is 5.20. The minimum Gasteiger partial charge on any atom is -0.383 e. The van der Waals surface area contributed by atoms with Crippen molar-refractivity contribution in [1.29, 1.82) is 0 Å². The van der Waals surface area contributed by atoms with Gasteiger partial charge in [0.05, 0.1) is 22.0 Å². The first kappa shape index (κ1) is 17.1.